The van der Waals surface area contributed by atoms with Crippen LogP contribution in [0.4, 0.5) is 0 Å². The number of rotatable bonds is 8. The van der Waals surface area contributed by atoms with Gasteiger partial charge < -0.3 is 15.5 Å². The minimum atomic E-state index is -0.140. The maximum atomic E-state index is 12.4. The molecule has 1 aliphatic heterocycles. The Hall–Kier alpha value is -0.610. The molecule has 19 heavy (non-hydrogen) atoms. The van der Waals surface area contributed by atoms with Crippen molar-refractivity contribution in [3.05, 3.63) is 0 Å². The van der Waals surface area contributed by atoms with Crippen molar-refractivity contribution in [2.24, 2.45) is 5.41 Å². The fourth-order valence-electron chi connectivity index (χ4n) is 2.72. The van der Waals surface area contributed by atoms with Gasteiger partial charge in [0.2, 0.25) is 5.91 Å². The van der Waals surface area contributed by atoms with Crippen molar-refractivity contribution in [1.82, 2.24) is 15.5 Å². The van der Waals surface area contributed by atoms with E-state index in [1.807, 2.05) is 0 Å². The van der Waals surface area contributed by atoms with E-state index in [1.165, 1.54) is 0 Å². The predicted molar refractivity (Wildman–Crippen MR) is 80.2 cm³/mol. The van der Waals surface area contributed by atoms with E-state index in [4.69, 9.17) is 0 Å². The highest BCUT2D eigenvalue weighted by molar-refractivity contribution is 5.83. The van der Waals surface area contributed by atoms with Crippen LogP contribution in [0.3, 0.4) is 0 Å². The second kappa shape index (κ2) is 7.85. The molecule has 0 saturated carbocycles. The molecule has 1 saturated heterocycles. The number of carbonyl (C=O) groups is 1. The van der Waals surface area contributed by atoms with Gasteiger partial charge in [0.15, 0.2) is 0 Å². The van der Waals surface area contributed by atoms with E-state index in [1.54, 1.807) is 0 Å². The van der Waals surface area contributed by atoms with E-state index in [0.717, 1.165) is 51.9 Å². The largest absolute Gasteiger partial charge is 0.356 e. The van der Waals surface area contributed by atoms with Gasteiger partial charge in [0.05, 0.1) is 5.41 Å². The van der Waals surface area contributed by atoms with Crippen molar-refractivity contribution in [3.63, 3.8) is 0 Å². The lowest BCUT2D eigenvalue weighted by Crippen LogP contribution is -2.43. The van der Waals surface area contributed by atoms with Gasteiger partial charge in [-0.05, 0) is 53.2 Å². The Balaban J connectivity index is 2.29. The lowest BCUT2D eigenvalue weighted by molar-refractivity contribution is -0.130. The number of nitrogens with one attached hydrogen (secondary N) is 2. The summed E-state index contributed by atoms with van der Waals surface area (Å²) in [6, 6.07) is 0.571. The minimum Gasteiger partial charge on any atom is -0.356 e. The first-order chi connectivity index (χ1) is 9.02. The third-order valence-electron chi connectivity index (χ3n) is 4.31. The molecule has 1 rings (SSSR count). The van der Waals surface area contributed by atoms with E-state index >= 15 is 0 Å². The number of amides is 1. The Bertz CT molecular complexity index is 273. The van der Waals surface area contributed by atoms with Crippen LogP contribution in [0.25, 0.3) is 0 Å². The first-order valence-corrected chi connectivity index (χ1v) is 7.71. The second-order valence-corrected chi connectivity index (χ2v) is 6.14. The van der Waals surface area contributed by atoms with E-state index in [9.17, 15) is 4.79 Å². The fourth-order valence-corrected chi connectivity index (χ4v) is 2.72. The molecule has 0 aromatic carbocycles. The molecule has 4 nitrogen and oxygen atoms in total. The summed E-state index contributed by atoms with van der Waals surface area (Å²) >= 11 is 0. The average Bonchev–Trinajstić information content (AvgIpc) is 2.84. The Morgan fingerprint density at radius 1 is 1.47 bits per heavy atom. The van der Waals surface area contributed by atoms with Crippen LogP contribution in [0.5, 0.6) is 0 Å². The van der Waals surface area contributed by atoms with Gasteiger partial charge in [0.1, 0.15) is 0 Å². The van der Waals surface area contributed by atoms with Crippen LogP contribution >= 0.6 is 0 Å². The van der Waals surface area contributed by atoms with Gasteiger partial charge in [0.25, 0.3) is 0 Å². The number of hydrogen-bond donors (Lipinski definition) is 2. The van der Waals surface area contributed by atoms with Gasteiger partial charge in [-0.1, -0.05) is 13.3 Å². The lowest BCUT2D eigenvalue weighted by Gasteiger charge is -2.27. The summed E-state index contributed by atoms with van der Waals surface area (Å²) in [6.07, 6.45) is 4.08. The molecular weight excluding hydrogens is 238 g/mol. The summed E-state index contributed by atoms with van der Waals surface area (Å²) in [5.41, 5.74) is -0.140. The van der Waals surface area contributed by atoms with Crippen LogP contribution in [0.2, 0.25) is 0 Å². The Labute approximate surface area is 118 Å². The lowest BCUT2D eigenvalue weighted by atomic mass is 9.81. The highest BCUT2D eigenvalue weighted by Crippen LogP contribution is 2.31. The maximum absolute atomic E-state index is 12.4. The van der Waals surface area contributed by atoms with E-state index in [-0.39, 0.29) is 11.3 Å². The molecule has 0 aliphatic carbocycles. The zero-order valence-electron chi connectivity index (χ0n) is 13.1. The minimum absolute atomic E-state index is 0.140. The van der Waals surface area contributed by atoms with Gasteiger partial charge in [-0.25, -0.2) is 0 Å². The van der Waals surface area contributed by atoms with Crippen molar-refractivity contribution in [2.75, 3.05) is 33.2 Å². The van der Waals surface area contributed by atoms with Gasteiger partial charge >= 0.3 is 0 Å². The molecule has 1 atom stereocenters. The molecule has 0 bridgehead atoms. The molecule has 2 N–H and O–H groups in total. The molecule has 1 heterocycles. The molecule has 1 unspecified atom stereocenters. The van der Waals surface area contributed by atoms with Crippen LogP contribution in [0.15, 0.2) is 0 Å². The van der Waals surface area contributed by atoms with Crippen LogP contribution in [0, 0.1) is 5.41 Å². The summed E-state index contributed by atoms with van der Waals surface area (Å²) in [6.45, 7) is 10.2. The molecule has 1 fully saturated rings. The smallest absolute Gasteiger partial charge is 0.227 e. The summed E-state index contributed by atoms with van der Waals surface area (Å²) < 4.78 is 0. The zero-order chi connectivity index (χ0) is 14.3. The number of nitrogens with zero attached hydrogens (tertiary/aromatic N) is 1. The number of carbonyl (C=O) groups excluding carboxylic acids is 1. The zero-order valence-corrected chi connectivity index (χ0v) is 13.1. The van der Waals surface area contributed by atoms with E-state index < -0.39 is 0 Å². The van der Waals surface area contributed by atoms with Gasteiger partial charge in [-0.3, -0.25) is 4.79 Å². The first-order valence-electron chi connectivity index (χ1n) is 7.71. The normalized spacial score (nSPS) is 23.3. The molecule has 0 aromatic rings. The molecule has 0 spiro atoms. The van der Waals surface area contributed by atoms with Crippen molar-refractivity contribution in [2.45, 2.75) is 52.5 Å². The van der Waals surface area contributed by atoms with Crippen molar-refractivity contribution in [3.8, 4) is 0 Å². The third-order valence-corrected chi connectivity index (χ3v) is 4.31. The van der Waals surface area contributed by atoms with E-state index in [2.05, 4.69) is 43.4 Å². The van der Waals surface area contributed by atoms with Crippen LogP contribution in [-0.4, -0.2) is 50.1 Å². The van der Waals surface area contributed by atoms with Gasteiger partial charge in [-0.15, -0.1) is 0 Å². The van der Waals surface area contributed by atoms with Crippen molar-refractivity contribution in [1.29, 1.82) is 0 Å². The Kier molecular flexibility index (Phi) is 6.80. The molecule has 0 aromatic heterocycles. The van der Waals surface area contributed by atoms with Crippen molar-refractivity contribution >= 4 is 5.91 Å². The van der Waals surface area contributed by atoms with Gasteiger partial charge in [-0.2, -0.15) is 0 Å². The standard InChI is InChI=1S/C15H31N3O/c1-5-7-15(8-10-16-12-15)14(19)17-9-6-11-18(4)13(2)3/h13,16H,5-12H2,1-4H3,(H,17,19). The average molecular weight is 269 g/mol. The van der Waals surface area contributed by atoms with Crippen LogP contribution < -0.4 is 10.6 Å². The van der Waals surface area contributed by atoms with Gasteiger partial charge in [0, 0.05) is 19.1 Å². The molecule has 1 aliphatic rings. The first kappa shape index (κ1) is 16.4. The second-order valence-electron chi connectivity index (χ2n) is 6.14. The maximum Gasteiger partial charge on any atom is 0.227 e. The summed E-state index contributed by atoms with van der Waals surface area (Å²) in [7, 11) is 2.13. The SMILES string of the molecule is CCCC1(C(=O)NCCCN(C)C(C)C)CCNC1. The topological polar surface area (TPSA) is 44.4 Å². The number of hydrogen-bond acceptors (Lipinski definition) is 3. The molecule has 0 radical (unpaired) electrons. The van der Waals surface area contributed by atoms with E-state index in [0.29, 0.717) is 6.04 Å². The summed E-state index contributed by atoms with van der Waals surface area (Å²) in [5.74, 6) is 0.256. The monoisotopic (exact) mass is 269 g/mol. The summed E-state index contributed by atoms with van der Waals surface area (Å²) in [5, 5.41) is 6.47. The Morgan fingerprint density at radius 2 is 2.21 bits per heavy atom. The summed E-state index contributed by atoms with van der Waals surface area (Å²) in [4.78, 5) is 14.7. The highest BCUT2D eigenvalue weighted by atomic mass is 16.2. The molecular formula is C15H31N3O. The highest BCUT2D eigenvalue weighted by Gasteiger charge is 2.39. The fraction of sp³-hybridized carbons (Fsp3) is 0.933. The quantitative estimate of drug-likeness (QED) is 0.658. The molecule has 1 amide bonds. The molecule has 112 valence electrons. The Morgan fingerprint density at radius 3 is 2.74 bits per heavy atom. The van der Waals surface area contributed by atoms with Crippen molar-refractivity contribution < 1.29 is 4.79 Å². The van der Waals surface area contributed by atoms with Crippen LogP contribution in [-0.2, 0) is 4.79 Å². The molecule has 4 heteroatoms. The van der Waals surface area contributed by atoms with Crippen LogP contribution in [0.1, 0.15) is 46.5 Å². The predicted octanol–water partition coefficient (Wildman–Crippen LogP) is 1.61. The third kappa shape index (κ3) is 4.77.